The highest BCUT2D eigenvalue weighted by atomic mass is 16.3. The molecule has 0 N–H and O–H groups in total. The van der Waals surface area contributed by atoms with Gasteiger partial charge in [-0.3, -0.25) is 5.01 Å². The van der Waals surface area contributed by atoms with E-state index in [0.29, 0.717) is 0 Å². The molecule has 3 nitrogen and oxygen atoms in total. The molecule has 0 bridgehead atoms. The summed E-state index contributed by atoms with van der Waals surface area (Å²) in [6, 6.07) is 18.9. The molecule has 0 radical (unpaired) electrons. The third-order valence-electron chi connectivity index (χ3n) is 4.95. The predicted octanol–water partition coefficient (Wildman–Crippen LogP) is 5.56. The van der Waals surface area contributed by atoms with Gasteiger partial charge in [0.05, 0.1) is 17.7 Å². The van der Waals surface area contributed by atoms with Crippen LogP contribution in [0.15, 0.2) is 70.4 Å². The number of hydrazone groups is 1. The minimum atomic E-state index is 0.0911. The normalized spacial score (nSPS) is 17.0. The van der Waals surface area contributed by atoms with Crippen LogP contribution < -0.4 is 5.01 Å². The lowest BCUT2D eigenvalue weighted by atomic mass is 9.95. The van der Waals surface area contributed by atoms with E-state index >= 15 is 0 Å². The molecule has 0 saturated carbocycles. The van der Waals surface area contributed by atoms with Gasteiger partial charge in [-0.2, -0.15) is 5.10 Å². The Balaban J connectivity index is 1.78. The SMILES string of the molecule is Cc1cc(C)c(C2=NN(c3ccccc3)C(c3ccco3)C2)cc1C. The van der Waals surface area contributed by atoms with Crippen molar-refractivity contribution < 1.29 is 4.42 Å². The van der Waals surface area contributed by atoms with Crippen LogP contribution in [0.3, 0.4) is 0 Å². The van der Waals surface area contributed by atoms with Gasteiger partial charge in [0.15, 0.2) is 0 Å². The van der Waals surface area contributed by atoms with E-state index in [1.807, 2.05) is 30.3 Å². The Labute approximate surface area is 148 Å². The second-order valence-corrected chi connectivity index (χ2v) is 6.71. The van der Waals surface area contributed by atoms with Crippen molar-refractivity contribution >= 4 is 11.4 Å². The average molecular weight is 330 g/mol. The molecule has 25 heavy (non-hydrogen) atoms. The molecule has 3 heteroatoms. The Morgan fingerprint density at radius 1 is 0.920 bits per heavy atom. The first kappa shape index (κ1) is 15.7. The Bertz CT molecular complexity index is 911. The van der Waals surface area contributed by atoms with Crippen molar-refractivity contribution in [2.24, 2.45) is 5.10 Å². The number of aryl methyl sites for hydroxylation is 3. The number of nitrogens with zero attached hydrogens (tertiary/aromatic N) is 2. The molecule has 3 aromatic rings. The molecule has 2 aromatic carbocycles. The monoisotopic (exact) mass is 330 g/mol. The maximum atomic E-state index is 5.71. The zero-order chi connectivity index (χ0) is 17.4. The third kappa shape index (κ3) is 2.86. The highest BCUT2D eigenvalue weighted by Gasteiger charge is 2.32. The summed E-state index contributed by atoms with van der Waals surface area (Å²) in [6.07, 6.45) is 2.57. The van der Waals surface area contributed by atoms with Gasteiger partial charge < -0.3 is 4.42 Å². The maximum Gasteiger partial charge on any atom is 0.128 e. The largest absolute Gasteiger partial charge is 0.467 e. The number of anilines is 1. The van der Waals surface area contributed by atoms with E-state index in [9.17, 15) is 0 Å². The zero-order valence-corrected chi connectivity index (χ0v) is 14.9. The van der Waals surface area contributed by atoms with Gasteiger partial charge in [-0.05, 0) is 67.8 Å². The zero-order valence-electron chi connectivity index (χ0n) is 14.9. The van der Waals surface area contributed by atoms with Crippen LogP contribution in [-0.2, 0) is 0 Å². The Morgan fingerprint density at radius 3 is 2.40 bits per heavy atom. The fourth-order valence-electron chi connectivity index (χ4n) is 3.47. The van der Waals surface area contributed by atoms with Crippen molar-refractivity contribution in [3.63, 3.8) is 0 Å². The summed E-state index contributed by atoms with van der Waals surface area (Å²) >= 11 is 0. The van der Waals surface area contributed by atoms with Crippen LogP contribution in [0.5, 0.6) is 0 Å². The molecule has 1 unspecified atom stereocenters. The van der Waals surface area contributed by atoms with Crippen LogP contribution in [0.2, 0.25) is 0 Å². The fraction of sp³-hybridized carbons (Fsp3) is 0.227. The molecule has 1 aliphatic rings. The van der Waals surface area contributed by atoms with Crippen LogP contribution in [0, 0.1) is 20.8 Å². The van der Waals surface area contributed by atoms with Crippen LogP contribution in [0.1, 0.15) is 40.5 Å². The van der Waals surface area contributed by atoms with Gasteiger partial charge in [0.25, 0.3) is 0 Å². The van der Waals surface area contributed by atoms with Gasteiger partial charge in [0.2, 0.25) is 0 Å². The quantitative estimate of drug-likeness (QED) is 0.629. The van der Waals surface area contributed by atoms with Crippen molar-refractivity contribution in [1.82, 2.24) is 0 Å². The highest BCUT2D eigenvalue weighted by Crippen LogP contribution is 2.37. The van der Waals surface area contributed by atoms with Crippen molar-refractivity contribution in [1.29, 1.82) is 0 Å². The molecular weight excluding hydrogens is 308 g/mol. The minimum absolute atomic E-state index is 0.0911. The fourth-order valence-corrected chi connectivity index (χ4v) is 3.47. The third-order valence-corrected chi connectivity index (χ3v) is 4.95. The smallest absolute Gasteiger partial charge is 0.128 e. The van der Waals surface area contributed by atoms with Crippen LogP contribution >= 0.6 is 0 Å². The minimum Gasteiger partial charge on any atom is -0.467 e. The summed E-state index contributed by atoms with van der Waals surface area (Å²) in [5, 5.41) is 7.07. The Kier molecular flexibility index (Phi) is 3.92. The number of para-hydroxylation sites is 1. The Morgan fingerprint density at radius 2 is 1.68 bits per heavy atom. The lowest BCUT2D eigenvalue weighted by molar-refractivity contribution is 0.465. The molecule has 0 saturated heterocycles. The molecule has 2 heterocycles. The van der Waals surface area contributed by atoms with E-state index in [0.717, 1.165) is 23.6 Å². The summed E-state index contributed by atoms with van der Waals surface area (Å²) in [4.78, 5) is 0. The summed E-state index contributed by atoms with van der Waals surface area (Å²) < 4.78 is 5.71. The van der Waals surface area contributed by atoms with E-state index in [1.165, 1.54) is 22.3 Å². The molecule has 0 aliphatic carbocycles. The van der Waals surface area contributed by atoms with Crippen LogP contribution in [0.4, 0.5) is 5.69 Å². The van der Waals surface area contributed by atoms with Gasteiger partial charge in [0.1, 0.15) is 11.8 Å². The van der Waals surface area contributed by atoms with Gasteiger partial charge in [-0.1, -0.05) is 24.3 Å². The molecule has 0 amide bonds. The van der Waals surface area contributed by atoms with Gasteiger partial charge in [-0.15, -0.1) is 0 Å². The first-order valence-corrected chi connectivity index (χ1v) is 8.67. The molecule has 0 spiro atoms. The van der Waals surface area contributed by atoms with Crippen molar-refractivity contribution in [2.75, 3.05) is 5.01 Å². The van der Waals surface area contributed by atoms with Crippen molar-refractivity contribution in [3.8, 4) is 0 Å². The molecule has 126 valence electrons. The molecule has 1 aromatic heterocycles. The summed E-state index contributed by atoms with van der Waals surface area (Å²) in [5.41, 5.74) is 7.33. The molecule has 4 rings (SSSR count). The average Bonchev–Trinajstić information content (AvgIpc) is 3.28. The van der Waals surface area contributed by atoms with Crippen molar-refractivity contribution in [2.45, 2.75) is 33.2 Å². The molecular formula is C22H22N2O. The standard InChI is InChI=1S/C22H22N2O/c1-15-12-17(3)19(13-16(15)2)20-14-21(22-10-7-11-25-22)24(23-20)18-8-5-4-6-9-18/h4-13,21H,14H2,1-3H3. The number of hydrogen-bond donors (Lipinski definition) is 0. The van der Waals surface area contributed by atoms with Gasteiger partial charge >= 0.3 is 0 Å². The second kappa shape index (κ2) is 6.25. The molecule has 0 fully saturated rings. The summed E-state index contributed by atoms with van der Waals surface area (Å²) in [7, 11) is 0. The first-order valence-electron chi connectivity index (χ1n) is 8.67. The predicted molar refractivity (Wildman–Crippen MR) is 102 cm³/mol. The lowest BCUT2D eigenvalue weighted by Crippen LogP contribution is -2.17. The lowest BCUT2D eigenvalue weighted by Gasteiger charge is -2.21. The van der Waals surface area contributed by atoms with Crippen LogP contribution in [-0.4, -0.2) is 5.71 Å². The van der Waals surface area contributed by atoms with E-state index in [-0.39, 0.29) is 6.04 Å². The summed E-state index contributed by atoms with van der Waals surface area (Å²) in [6.45, 7) is 6.48. The van der Waals surface area contributed by atoms with E-state index in [1.54, 1.807) is 6.26 Å². The summed E-state index contributed by atoms with van der Waals surface area (Å²) in [5.74, 6) is 0.948. The second-order valence-electron chi connectivity index (χ2n) is 6.71. The topological polar surface area (TPSA) is 28.7 Å². The number of rotatable bonds is 3. The number of hydrogen-bond acceptors (Lipinski definition) is 3. The van der Waals surface area contributed by atoms with Gasteiger partial charge in [-0.25, -0.2) is 0 Å². The van der Waals surface area contributed by atoms with Crippen LogP contribution in [0.25, 0.3) is 0 Å². The number of benzene rings is 2. The number of furan rings is 1. The molecule has 1 aliphatic heterocycles. The van der Waals surface area contributed by atoms with E-state index < -0.39 is 0 Å². The first-order chi connectivity index (χ1) is 12.1. The van der Waals surface area contributed by atoms with E-state index in [2.05, 4.69) is 50.0 Å². The van der Waals surface area contributed by atoms with Gasteiger partial charge in [0, 0.05) is 12.0 Å². The van der Waals surface area contributed by atoms with Crippen molar-refractivity contribution in [3.05, 3.63) is 88.9 Å². The maximum absolute atomic E-state index is 5.71. The highest BCUT2D eigenvalue weighted by molar-refractivity contribution is 6.04. The Hall–Kier alpha value is -2.81. The molecule has 1 atom stereocenters. The van der Waals surface area contributed by atoms with E-state index in [4.69, 9.17) is 9.52 Å².